The Hall–Kier alpha value is -3.27. The third-order valence-electron chi connectivity index (χ3n) is 19.5. The summed E-state index contributed by atoms with van der Waals surface area (Å²) in [6, 6.07) is 0. The molecular formula is C90H166NO8+. The molecule has 9 nitrogen and oxygen atoms in total. The Kier molecular flexibility index (Phi) is 77.8. The topological polar surface area (TPSA) is 108 Å². The molecule has 0 aromatic carbocycles. The second-order valence-corrected chi connectivity index (χ2v) is 30.5. The van der Waals surface area contributed by atoms with Gasteiger partial charge in [-0.05, 0) is 64.2 Å². The van der Waals surface area contributed by atoms with Crippen molar-refractivity contribution in [1.29, 1.82) is 0 Å². The zero-order valence-electron chi connectivity index (χ0n) is 66.4. The van der Waals surface area contributed by atoms with Gasteiger partial charge in [0.2, 0.25) is 0 Å². The maximum atomic E-state index is 13.0. The lowest BCUT2D eigenvalue weighted by Gasteiger charge is -2.25. The molecular weight excluding hydrogens is 1220 g/mol. The number of esters is 2. The van der Waals surface area contributed by atoms with E-state index in [0.29, 0.717) is 17.4 Å². The van der Waals surface area contributed by atoms with E-state index >= 15 is 0 Å². The van der Waals surface area contributed by atoms with Gasteiger partial charge in [0.15, 0.2) is 6.10 Å². The Morgan fingerprint density at radius 3 is 0.859 bits per heavy atom. The van der Waals surface area contributed by atoms with E-state index in [1.54, 1.807) is 0 Å². The summed E-state index contributed by atoms with van der Waals surface area (Å²) in [5.41, 5.74) is 0. The molecule has 0 saturated heterocycles. The van der Waals surface area contributed by atoms with Gasteiger partial charge in [0.25, 0.3) is 6.29 Å². The molecule has 0 aromatic rings. The fourth-order valence-corrected chi connectivity index (χ4v) is 13.0. The van der Waals surface area contributed by atoms with E-state index in [4.69, 9.17) is 18.9 Å². The summed E-state index contributed by atoms with van der Waals surface area (Å²) in [4.78, 5) is 37.8. The van der Waals surface area contributed by atoms with E-state index in [0.717, 1.165) is 77.0 Å². The second kappa shape index (κ2) is 80.4. The number of quaternary nitrogens is 1. The molecule has 0 aliphatic rings. The molecule has 0 aliphatic heterocycles. The van der Waals surface area contributed by atoms with E-state index in [2.05, 4.69) is 86.8 Å². The average molecular weight is 1390 g/mol. The first-order valence-corrected chi connectivity index (χ1v) is 43.1. The van der Waals surface area contributed by atoms with E-state index < -0.39 is 18.4 Å². The largest absolute Gasteiger partial charge is 0.477 e. The van der Waals surface area contributed by atoms with Gasteiger partial charge in [0, 0.05) is 12.8 Å². The van der Waals surface area contributed by atoms with Gasteiger partial charge in [0.1, 0.15) is 13.2 Å². The summed E-state index contributed by atoms with van der Waals surface area (Å²) in [6.07, 6.45) is 107. The second-order valence-electron chi connectivity index (χ2n) is 30.5. The highest BCUT2D eigenvalue weighted by molar-refractivity contribution is 5.71. The third-order valence-corrected chi connectivity index (χ3v) is 19.5. The van der Waals surface area contributed by atoms with Crippen molar-refractivity contribution in [2.45, 2.75) is 437 Å². The van der Waals surface area contributed by atoms with E-state index in [-0.39, 0.29) is 38.2 Å². The molecule has 0 bridgehead atoms. The Morgan fingerprint density at radius 2 is 0.576 bits per heavy atom. The molecule has 9 heteroatoms. The van der Waals surface area contributed by atoms with E-state index in [1.165, 1.54) is 321 Å². The highest BCUT2D eigenvalue weighted by Gasteiger charge is 2.25. The van der Waals surface area contributed by atoms with Crippen LogP contribution in [0.1, 0.15) is 425 Å². The normalized spacial score (nSPS) is 12.9. The lowest BCUT2D eigenvalue weighted by molar-refractivity contribution is -0.870. The van der Waals surface area contributed by atoms with Crippen molar-refractivity contribution in [3.8, 4) is 0 Å². The Bertz CT molecular complexity index is 1860. The summed E-state index contributed by atoms with van der Waals surface area (Å²) in [5.74, 6) is -1.97. The van der Waals surface area contributed by atoms with Crippen LogP contribution in [0.15, 0.2) is 72.9 Å². The van der Waals surface area contributed by atoms with E-state index in [9.17, 15) is 19.5 Å². The highest BCUT2D eigenvalue weighted by atomic mass is 16.7. The minimum absolute atomic E-state index is 0.177. The number of carbonyl (C=O) groups excluding carboxylic acids is 2. The number of nitrogens with zero attached hydrogens (tertiary/aromatic N) is 1. The monoisotopic (exact) mass is 1390 g/mol. The molecule has 2 unspecified atom stereocenters. The van der Waals surface area contributed by atoms with Gasteiger partial charge in [-0.1, -0.05) is 421 Å². The number of likely N-dealkylation sites (N-methyl/N-ethyl adjacent to an activating group) is 1. The molecule has 0 heterocycles. The first-order chi connectivity index (χ1) is 48.6. The Balaban J connectivity index is 3.94. The molecule has 1 N–H and O–H groups in total. The highest BCUT2D eigenvalue weighted by Crippen LogP contribution is 2.20. The fraction of sp³-hybridized carbons (Fsp3) is 0.833. The van der Waals surface area contributed by atoms with Gasteiger partial charge in [-0.25, -0.2) is 4.79 Å². The number of hydrogen-bond donors (Lipinski definition) is 1. The van der Waals surface area contributed by atoms with Crippen molar-refractivity contribution < 1.29 is 42.9 Å². The number of carboxylic acids is 1. The molecule has 0 saturated carbocycles. The van der Waals surface area contributed by atoms with Gasteiger partial charge < -0.3 is 28.5 Å². The lowest BCUT2D eigenvalue weighted by atomic mass is 10.0. The average Bonchev–Trinajstić information content (AvgIpc) is 1.14. The number of unbranched alkanes of at least 4 members (excludes halogenated alkanes) is 54. The van der Waals surface area contributed by atoms with Crippen LogP contribution in [-0.4, -0.2) is 87.4 Å². The van der Waals surface area contributed by atoms with Crippen LogP contribution in [0.3, 0.4) is 0 Å². The number of allylic oxidation sites excluding steroid dienone is 12. The molecule has 0 aromatic heterocycles. The van der Waals surface area contributed by atoms with Crippen LogP contribution in [0.5, 0.6) is 0 Å². The van der Waals surface area contributed by atoms with Gasteiger partial charge in [0.05, 0.1) is 34.4 Å². The quantitative estimate of drug-likeness (QED) is 0.0211. The molecule has 2 atom stereocenters. The first-order valence-electron chi connectivity index (χ1n) is 43.1. The number of carbonyl (C=O) groups is 3. The van der Waals surface area contributed by atoms with Crippen LogP contribution in [-0.2, 0) is 33.3 Å². The lowest BCUT2D eigenvalue weighted by Crippen LogP contribution is -2.40. The number of hydrogen-bond acceptors (Lipinski definition) is 7. The van der Waals surface area contributed by atoms with Crippen molar-refractivity contribution in [2.24, 2.45) is 0 Å². The molecule has 0 aliphatic carbocycles. The molecule has 0 amide bonds. The van der Waals surface area contributed by atoms with Crippen molar-refractivity contribution >= 4 is 17.9 Å². The SMILES string of the molecule is CC/C=C\C/C=C\C/C=C\C/C=C\C/C=C\C/C=C\CCCCCCCCCCCCCCCCCCCCCCC(=O)OC(COC(=O)CCCCCCCCCCCCCCCCCCCCCCCCCCCCCCCCCCCCC)COC(OCC[N+](C)(C)C)C(=O)O. The van der Waals surface area contributed by atoms with Crippen LogP contribution in [0.2, 0.25) is 0 Å². The summed E-state index contributed by atoms with van der Waals surface area (Å²) >= 11 is 0. The zero-order chi connectivity index (χ0) is 71.8. The standard InChI is InChI=1S/C90H165NO8/c1-6-8-10-12-14-16-18-20-22-24-26-28-30-32-34-36-38-40-42-43-44-45-47-49-51-53-55-57-59-61-63-65-67-69-71-73-75-77-79-81-88(93)99-86(85-98-90(89(94)95)96-83-82-91(3,4)5)84-97-87(92)80-78-76-74-72-70-68-66-64-62-60-58-56-54-52-50-48-46-41-39-37-35-33-31-29-27-25-23-21-19-17-15-13-11-9-7-2/h8,10,14,16,20,22,26,28,32,34,38,40,86,90H,6-7,9,11-13,15,17-19,21,23-25,27,29-31,33,35-37,39,41-85H2,1-5H3/p+1/b10-8-,16-14-,22-20-,28-26-,34-32-,40-38-. The van der Waals surface area contributed by atoms with Crippen LogP contribution < -0.4 is 0 Å². The predicted octanol–water partition coefficient (Wildman–Crippen LogP) is 27.9. The maximum Gasteiger partial charge on any atom is 0.361 e. The molecule has 99 heavy (non-hydrogen) atoms. The smallest absolute Gasteiger partial charge is 0.361 e. The van der Waals surface area contributed by atoms with Gasteiger partial charge in [-0.2, -0.15) is 0 Å². The van der Waals surface area contributed by atoms with Crippen molar-refractivity contribution in [2.75, 3.05) is 47.5 Å². The third kappa shape index (κ3) is 81.9. The summed E-state index contributed by atoms with van der Waals surface area (Å²) in [5, 5.41) is 9.79. The number of ether oxygens (including phenoxy) is 4. The van der Waals surface area contributed by atoms with Crippen LogP contribution in [0.25, 0.3) is 0 Å². The minimum Gasteiger partial charge on any atom is -0.477 e. The molecule has 0 fully saturated rings. The van der Waals surface area contributed by atoms with Crippen molar-refractivity contribution in [3.63, 3.8) is 0 Å². The Labute approximate surface area is 615 Å². The van der Waals surface area contributed by atoms with Crippen molar-refractivity contribution in [1.82, 2.24) is 0 Å². The summed E-state index contributed by atoms with van der Waals surface area (Å²) in [6.45, 7) is 4.84. The van der Waals surface area contributed by atoms with E-state index in [1.807, 2.05) is 21.1 Å². The first kappa shape index (κ1) is 95.7. The van der Waals surface area contributed by atoms with Crippen LogP contribution in [0.4, 0.5) is 0 Å². The fourth-order valence-electron chi connectivity index (χ4n) is 13.0. The summed E-state index contributed by atoms with van der Waals surface area (Å²) in [7, 11) is 6.00. The molecule has 578 valence electrons. The number of rotatable bonds is 81. The predicted molar refractivity (Wildman–Crippen MR) is 429 cm³/mol. The van der Waals surface area contributed by atoms with Gasteiger partial charge in [-0.15, -0.1) is 0 Å². The molecule has 0 radical (unpaired) electrons. The van der Waals surface area contributed by atoms with Crippen LogP contribution >= 0.6 is 0 Å². The zero-order valence-corrected chi connectivity index (χ0v) is 66.4. The van der Waals surface area contributed by atoms with Gasteiger partial charge >= 0.3 is 17.9 Å². The Morgan fingerprint density at radius 1 is 0.313 bits per heavy atom. The van der Waals surface area contributed by atoms with Gasteiger partial charge in [-0.3, -0.25) is 9.59 Å². The number of carboxylic acid groups (broad SMARTS) is 1. The van der Waals surface area contributed by atoms with Crippen molar-refractivity contribution in [3.05, 3.63) is 72.9 Å². The molecule has 0 rings (SSSR count). The summed E-state index contributed by atoms with van der Waals surface area (Å²) < 4.78 is 23.1. The minimum atomic E-state index is -1.51. The van der Waals surface area contributed by atoms with Crippen LogP contribution in [0, 0.1) is 0 Å². The molecule has 0 spiro atoms. The number of aliphatic carboxylic acids is 1. The maximum absolute atomic E-state index is 13.0.